The van der Waals surface area contributed by atoms with Gasteiger partial charge < -0.3 is 4.74 Å². The smallest absolute Gasteiger partial charge is 0.156 e. The van der Waals surface area contributed by atoms with Crippen molar-refractivity contribution in [2.24, 2.45) is 0 Å². The molecule has 0 atom stereocenters. The highest BCUT2D eigenvalue weighted by atomic mass is 79.9. The highest BCUT2D eigenvalue weighted by Crippen LogP contribution is 2.26. The van der Waals surface area contributed by atoms with Gasteiger partial charge in [0.25, 0.3) is 0 Å². The summed E-state index contributed by atoms with van der Waals surface area (Å²) in [5.41, 5.74) is -0.0273. The van der Waals surface area contributed by atoms with Crippen molar-refractivity contribution in [1.82, 2.24) is 0 Å². The van der Waals surface area contributed by atoms with Crippen molar-refractivity contribution in [3.63, 3.8) is 0 Å². The third-order valence-corrected chi connectivity index (χ3v) is 2.58. The zero-order chi connectivity index (χ0) is 11.3. The van der Waals surface area contributed by atoms with Crippen molar-refractivity contribution in [1.29, 1.82) is 0 Å². The van der Waals surface area contributed by atoms with E-state index in [1.54, 1.807) is 6.07 Å². The van der Waals surface area contributed by atoms with Crippen LogP contribution in [0.25, 0.3) is 0 Å². The van der Waals surface area contributed by atoms with E-state index in [0.717, 1.165) is 12.8 Å². The monoisotopic (exact) mass is 274 g/mol. The number of rotatable bonds is 5. The van der Waals surface area contributed by atoms with Crippen LogP contribution in [-0.4, -0.2) is 12.9 Å². The van der Waals surface area contributed by atoms with E-state index in [1.165, 1.54) is 6.07 Å². The second-order valence-corrected chi connectivity index (χ2v) is 3.95. The van der Waals surface area contributed by atoms with Gasteiger partial charge in [-0.25, -0.2) is 4.39 Å². The molecule has 0 saturated heterocycles. The zero-order valence-electron chi connectivity index (χ0n) is 8.43. The predicted molar refractivity (Wildman–Crippen MR) is 59.9 cm³/mol. The third-order valence-electron chi connectivity index (χ3n) is 1.97. The van der Waals surface area contributed by atoms with Crippen LogP contribution in [-0.2, 0) is 0 Å². The summed E-state index contributed by atoms with van der Waals surface area (Å²) in [6.45, 7) is 2.53. The summed E-state index contributed by atoms with van der Waals surface area (Å²) >= 11 is 3.01. The second kappa shape index (κ2) is 5.85. The van der Waals surface area contributed by atoms with E-state index >= 15 is 0 Å². The molecule has 0 bridgehead atoms. The molecular formula is C11H12BrFO2. The van der Waals surface area contributed by atoms with Crippen LogP contribution in [0.3, 0.4) is 0 Å². The molecule has 0 heterocycles. The molecule has 0 aliphatic carbocycles. The van der Waals surface area contributed by atoms with E-state index in [1.807, 2.05) is 6.92 Å². The molecule has 0 fully saturated rings. The summed E-state index contributed by atoms with van der Waals surface area (Å²) in [5, 5.41) is 0. The van der Waals surface area contributed by atoms with Gasteiger partial charge in [-0.3, -0.25) is 4.79 Å². The van der Waals surface area contributed by atoms with Crippen molar-refractivity contribution >= 4 is 22.2 Å². The molecule has 0 N–H and O–H groups in total. The molecule has 0 aliphatic rings. The van der Waals surface area contributed by atoms with Crippen molar-refractivity contribution in [3.05, 3.63) is 28.0 Å². The summed E-state index contributed by atoms with van der Waals surface area (Å²) < 4.78 is 19.0. The van der Waals surface area contributed by atoms with Crippen LogP contribution in [0.1, 0.15) is 30.1 Å². The summed E-state index contributed by atoms with van der Waals surface area (Å²) in [6, 6.07) is 3.12. The van der Waals surface area contributed by atoms with Crippen LogP contribution >= 0.6 is 15.9 Å². The van der Waals surface area contributed by atoms with E-state index in [0.29, 0.717) is 18.6 Å². The fourth-order valence-corrected chi connectivity index (χ4v) is 1.46. The van der Waals surface area contributed by atoms with Crippen LogP contribution in [0.4, 0.5) is 4.39 Å². The Balaban J connectivity index is 2.87. The number of aldehydes is 1. The Morgan fingerprint density at radius 1 is 1.53 bits per heavy atom. The highest BCUT2D eigenvalue weighted by Gasteiger charge is 2.12. The van der Waals surface area contributed by atoms with Crippen LogP contribution in [0, 0.1) is 5.82 Å². The van der Waals surface area contributed by atoms with Gasteiger partial charge in [-0.05, 0) is 34.5 Å². The fraction of sp³-hybridized carbons (Fsp3) is 0.364. The summed E-state index contributed by atoms with van der Waals surface area (Å²) in [5.74, 6) is -0.266. The number of benzene rings is 1. The quantitative estimate of drug-likeness (QED) is 0.606. The minimum Gasteiger partial charge on any atom is -0.493 e. The fourth-order valence-electron chi connectivity index (χ4n) is 1.11. The molecule has 4 heteroatoms. The van der Waals surface area contributed by atoms with Crippen LogP contribution < -0.4 is 4.74 Å². The lowest BCUT2D eigenvalue weighted by Gasteiger charge is -2.08. The zero-order valence-corrected chi connectivity index (χ0v) is 10.0. The van der Waals surface area contributed by atoms with Crippen molar-refractivity contribution in [3.8, 4) is 5.75 Å². The molecule has 0 radical (unpaired) electrons. The largest absolute Gasteiger partial charge is 0.493 e. The summed E-state index contributed by atoms with van der Waals surface area (Å²) in [6.07, 6.45) is 2.35. The molecular weight excluding hydrogens is 263 g/mol. The van der Waals surface area contributed by atoms with Crippen molar-refractivity contribution in [2.75, 3.05) is 6.61 Å². The minimum atomic E-state index is -0.570. The second-order valence-electron chi connectivity index (χ2n) is 3.09. The Morgan fingerprint density at radius 2 is 2.27 bits per heavy atom. The maximum Gasteiger partial charge on any atom is 0.156 e. The van der Waals surface area contributed by atoms with Gasteiger partial charge in [-0.1, -0.05) is 13.3 Å². The van der Waals surface area contributed by atoms with Crippen molar-refractivity contribution in [2.45, 2.75) is 19.8 Å². The summed E-state index contributed by atoms with van der Waals surface area (Å²) in [4.78, 5) is 10.7. The molecule has 0 aromatic heterocycles. The Hall–Kier alpha value is -0.900. The predicted octanol–water partition coefficient (Wildman–Crippen LogP) is 3.58. The number of ether oxygens (including phenoxy) is 1. The normalized spacial score (nSPS) is 10.1. The SMILES string of the molecule is CCCCOc1ccc(Br)c(F)c1C=O. The first-order chi connectivity index (χ1) is 7.20. The molecule has 1 aromatic carbocycles. The number of unbranched alkanes of at least 4 members (excludes halogenated alkanes) is 1. The van der Waals surface area contributed by atoms with Crippen LogP contribution in [0.2, 0.25) is 0 Å². The topological polar surface area (TPSA) is 26.3 Å². The average Bonchev–Trinajstić information content (AvgIpc) is 2.24. The van der Waals surface area contributed by atoms with Gasteiger partial charge in [0.2, 0.25) is 0 Å². The molecule has 0 unspecified atom stereocenters. The van der Waals surface area contributed by atoms with Crippen LogP contribution in [0.5, 0.6) is 5.75 Å². The molecule has 2 nitrogen and oxygen atoms in total. The standard InChI is InChI=1S/C11H12BrFO2/c1-2-3-6-15-10-5-4-9(12)11(13)8(10)7-14/h4-5,7H,2-3,6H2,1H3. The molecule has 1 aromatic rings. The molecule has 0 saturated carbocycles. The third kappa shape index (κ3) is 3.02. The lowest BCUT2D eigenvalue weighted by molar-refractivity contribution is 0.111. The van der Waals surface area contributed by atoms with Crippen molar-refractivity contribution < 1.29 is 13.9 Å². The molecule has 0 aliphatic heterocycles. The van der Waals surface area contributed by atoms with E-state index < -0.39 is 5.82 Å². The van der Waals surface area contributed by atoms with E-state index in [9.17, 15) is 9.18 Å². The van der Waals surface area contributed by atoms with E-state index in [4.69, 9.17) is 4.74 Å². The Labute approximate surface area is 96.6 Å². The first-order valence-electron chi connectivity index (χ1n) is 4.76. The first-order valence-corrected chi connectivity index (χ1v) is 5.56. The highest BCUT2D eigenvalue weighted by molar-refractivity contribution is 9.10. The molecule has 0 spiro atoms. The van der Waals surface area contributed by atoms with E-state index in [2.05, 4.69) is 15.9 Å². The number of carbonyl (C=O) groups is 1. The minimum absolute atomic E-state index is 0.0273. The van der Waals surface area contributed by atoms with Crippen LogP contribution in [0.15, 0.2) is 16.6 Å². The number of halogens is 2. The molecule has 82 valence electrons. The molecule has 15 heavy (non-hydrogen) atoms. The molecule has 1 rings (SSSR count). The van der Waals surface area contributed by atoms with Gasteiger partial charge in [-0.2, -0.15) is 0 Å². The number of hydrogen-bond acceptors (Lipinski definition) is 2. The van der Waals surface area contributed by atoms with Gasteiger partial charge in [0, 0.05) is 0 Å². The lowest BCUT2D eigenvalue weighted by atomic mass is 10.2. The Bertz CT molecular complexity index is 353. The van der Waals surface area contributed by atoms with Gasteiger partial charge in [0.1, 0.15) is 5.75 Å². The van der Waals surface area contributed by atoms with Gasteiger partial charge >= 0.3 is 0 Å². The maximum absolute atomic E-state index is 13.4. The van der Waals surface area contributed by atoms with Gasteiger partial charge in [0.05, 0.1) is 16.6 Å². The molecule has 0 amide bonds. The maximum atomic E-state index is 13.4. The number of hydrogen-bond donors (Lipinski definition) is 0. The van der Waals surface area contributed by atoms with Gasteiger partial charge in [-0.15, -0.1) is 0 Å². The van der Waals surface area contributed by atoms with E-state index in [-0.39, 0.29) is 10.0 Å². The number of carbonyl (C=O) groups excluding carboxylic acids is 1. The first kappa shape index (κ1) is 12.2. The average molecular weight is 275 g/mol. The Morgan fingerprint density at radius 3 is 2.87 bits per heavy atom. The Kier molecular flexibility index (Phi) is 4.75. The van der Waals surface area contributed by atoms with Gasteiger partial charge in [0.15, 0.2) is 12.1 Å². The summed E-state index contributed by atoms with van der Waals surface area (Å²) in [7, 11) is 0. The lowest BCUT2D eigenvalue weighted by Crippen LogP contribution is -2.01.